The predicted molar refractivity (Wildman–Crippen MR) is 114 cm³/mol. The zero-order chi connectivity index (χ0) is 21.8. The maximum absolute atomic E-state index is 13.2. The number of anilines is 1. The van der Waals surface area contributed by atoms with Crippen molar-refractivity contribution in [3.8, 4) is 0 Å². The Morgan fingerprint density at radius 3 is 2.29 bits per heavy atom. The molecule has 2 aliphatic heterocycles. The van der Waals surface area contributed by atoms with Gasteiger partial charge in [0.15, 0.2) is 0 Å². The van der Waals surface area contributed by atoms with Gasteiger partial charge in [-0.3, -0.25) is 14.4 Å². The van der Waals surface area contributed by atoms with Crippen molar-refractivity contribution < 1.29 is 18.8 Å². The molecule has 2 saturated heterocycles. The smallest absolute Gasteiger partial charge is 0.254 e. The van der Waals surface area contributed by atoms with Crippen LogP contribution in [0.4, 0.5) is 10.1 Å². The average Bonchev–Trinajstić information content (AvgIpc) is 2.81. The highest BCUT2D eigenvalue weighted by Gasteiger charge is 2.36. The van der Waals surface area contributed by atoms with E-state index in [9.17, 15) is 18.8 Å². The maximum atomic E-state index is 13.2. The van der Waals surface area contributed by atoms with Crippen LogP contribution in [-0.2, 0) is 9.59 Å². The van der Waals surface area contributed by atoms with Crippen LogP contribution in [0.2, 0.25) is 0 Å². The lowest BCUT2D eigenvalue weighted by Crippen LogP contribution is -2.59. The standard InChI is InChI=1S/C23H25FN4O3/c24-18-8-6-17(7-9-18)23(31)28-11-10-25-22(30)20(28)16-21(29)27-14-12-26(13-15-27)19-4-2-1-3-5-19/h1-9,20H,10-16H2,(H,25,30)/t20-/m1/s1. The molecule has 8 heteroatoms. The van der Waals surface area contributed by atoms with Gasteiger partial charge in [0.2, 0.25) is 11.8 Å². The van der Waals surface area contributed by atoms with Crippen LogP contribution in [0.25, 0.3) is 0 Å². The van der Waals surface area contributed by atoms with Gasteiger partial charge in [-0.25, -0.2) is 4.39 Å². The second-order valence-electron chi connectivity index (χ2n) is 7.72. The Labute approximate surface area is 180 Å². The van der Waals surface area contributed by atoms with Crippen molar-refractivity contribution in [2.45, 2.75) is 12.5 Å². The van der Waals surface area contributed by atoms with Crippen LogP contribution in [0.3, 0.4) is 0 Å². The van der Waals surface area contributed by atoms with Gasteiger partial charge in [0, 0.05) is 50.5 Å². The molecular formula is C23H25FN4O3. The first-order chi connectivity index (χ1) is 15.0. The van der Waals surface area contributed by atoms with Crippen LogP contribution >= 0.6 is 0 Å². The third-order valence-electron chi connectivity index (χ3n) is 5.80. The Morgan fingerprint density at radius 1 is 0.935 bits per heavy atom. The van der Waals surface area contributed by atoms with E-state index in [0.29, 0.717) is 44.8 Å². The number of hydrogen-bond donors (Lipinski definition) is 1. The van der Waals surface area contributed by atoms with Gasteiger partial charge in [0.1, 0.15) is 11.9 Å². The molecule has 7 nitrogen and oxygen atoms in total. The van der Waals surface area contributed by atoms with Crippen molar-refractivity contribution in [2.75, 3.05) is 44.2 Å². The molecule has 2 fully saturated rings. The van der Waals surface area contributed by atoms with Crippen LogP contribution in [0.5, 0.6) is 0 Å². The fourth-order valence-corrected chi connectivity index (χ4v) is 4.07. The second-order valence-corrected chi connectivity index (χ2v) is 7.72. The molecule has 0 aliphatic carbocycles. The molecule has 0 aromatic heterocycles. The number of nitrogens with one attached hydrogen (secondary N) is 1. The molecular weight excluding hydrogens is 399 g/mol. The van der Waals surface area contributed by atoms with Crippen molar-refractivity contribution in [3.63, 3.8) is 0 Å². The lowest BCUT2D eigenvalue weighted by molar-refractivity contribution is -0.138. The molecule has 1 N–H and O–H groups in total. The van der Waals surface area contributed by atoms with Crippen molar-refractivity contribution in [1.29, 1.82) is 0 Å². The van der Waals surface area contributed by atoms with Crippen LogP contribution in [0, 0.1) is 5.82 Å². The van der Waals surface area contributed by atoms with Crippen LogP contribution in [0.1, 0.15) is 16.8 Å². The summed E-state index contributed by atoms with van der Waals surface area (Å²) in [5.41, 5.74) is 1.42. The summed E-state index contributed by atoms with van der Waals surface area (Å²) in [7, 11) is 0. The highest BCUT2D eigenvalue weighted by molar-refractivity contribution is 5.99. The lowest BCUT2D eigenvalue weighted by Gasteiger charge is -2.39. The number of nitrogens with zero attached hydrogens (tertiary/aromatic N) is 3. The summed E-state index contributed by atoms with van der Waals surface area (Å²) in [6, 6.07) is 14.4. The SMILES string of the molecule is O=C1NCCN(C(=O)c2ccc(F)cc2)[C@@H]1CC(=O)N1CCN(c2ccccc2)CC1. The van der Waals surface area contributed by atoms with E-state index in [1.54, 1.807) is 4.90 Å². The first-order valence-electron chi connectivity index (χ1n) is 10.4. The topological polar surface area (TPSA) is 73.0 Å². The second kappa shape index (κ2) is 9.16. The highest BCUT2D eigenvalue weighted by Crippen LogP contribution is 2.19. The molecule has 1 atom stereocenters. The van der Waals surface area contributed by atoms with Crippen LogP contribution in [0.15, 0.2) is 54.6 Å². The number of piperazine rings is 2. The summed E-state index contributed by atoms with van der Waals surface area (Å²) in [5.74, 6) is -1.29. The normalized spacial score (nSPS) is 19.2. The first-order valence-corrected chi connectivity index (χ1v) is 10.4. The first kappa shape index (κ1) is 20.8. The number of halogens is 1. The van der Waals surface area contributed by atoms with E-state index in [4.69, 9.17) is 0 Å². The maximum Gasteiger partial charge on any atom is 0.254 e. The fourth-order valence-electron chi connectivity index (χ4n) is 4.07. The number of para-hydroxylation sites is 1. The summed E-state index contributed by atoms with van der Waals surface area (Å²) < 4.78 is 13.2. The van der Waals surface area contributed by atoms with E-state index in [1.165, 1.54) is 29.2 Å². The summed E-state index contributed by atoms with van der Waals surface area (Å²) in [6.45, 7) is 3.19. The van der Waals surface area contributed by atoms with Gasteiger partial charge in [-0.2, -0.15) is 0 Å². The molecule has 4 rings (SSSR count). The van der Waals surface area contributed by atoms with Gasteiger partial charge < -0.3 is 20.0 Å². The summed E-state index contributed by atoms with van der Waals surface area (Å²) in [5, 5.41) is 2.74. The zero-order valence-electron chi connectivity index (χ0n) is 17.2. The summed E-state index contributed by atoms with van der Waals surface area (Å²) >= 11 is 0. The van der Waals surface area contributed by atoms with Crippen molar-refractivity contribution in [1.82, 2.24) is 15.1 Å². The molecule has 2 aliphatic rings. The Balaban J connectivity index is 1.40. The Hall–Kier alpha value is -3.42. The van der Waals surface area contributed by atoms with Gasteiger partial charge in [-0.15, -0.1) is 0 Å². The Bertz CT molecular complexity index is 943. The molecule has 31 heavy (non-hydrogen) atoms. The third kappa shape index (κ3) is 4.68. The average molecular weight is 424 g/mol. The number of amides is 3. The molecule has 0 radical (unpaired) electrons. The molecule has 0 unspecified atom stereocenters. The largest absolute Gasteiger partial charge is 0.368 e. The van der Waals surface area contributed by atoms with Crippen LogP contribution in [-0.4, -0.2) is 72.8 Å². The Kier molecular flexibility index (Phi) is 6.16. The lowest BCUT2D eigenvalue weighted by atomic mass is 10.0. The molecule has 0 spiro atoms. The minimum atomic E-state index is -0.869. The van der Waals surface area contributed by atoms with Crippen LogP contribution < -0.4 is 10.2 Å². The van der Waals surface area contributed by atoms with Gasteiger partial charge in [0.05, 0.1) is 6.42 Å². The summed E-state index contributed by atoms with van der Waals surface area (Å²) in [4.78, 5) is 43.8. The highest BCUT2D eigenvalue weighted by atomic mass is 19.1. The quantitative estimate of drug-likeness (QED) is 0.808. The molecule has 3 amide bonds. The van der Waals surface area contributed by atoms with E-state index in [1.807, 2.05) is 30.3 Å². The van der Waals surface area contributed by atoms with E-state index < -0.39 is 11.9 Å². The van der Waals surface area contributed by atoms with Gasteiger partial charge in [-0.05, 0) is 36.4 Å². The van der Waals surface area contributed by atoms with Crippen molar-refractivity contribution >= 4 is 23.4 Å². The molecule has 0 saturated carbocycles. The molecule has 162 valence electrons. The minimum Gasteiger partial charge on any atom is -0.368 e. The number of hydrogen-bond acceptors (Lipinski definition) is 4. The molecule has 2 heterocycles. The monoisotopic (exact) mass is 424 g/mol. The Morgan fingerprint density at radius 2 is 1.61 bits per heavy atom. The van der Waals surface area contributed by atoms with E-state index in [-0.39, 0.29) is 24.1 Å². The minimum absolute atomic E-state index is 0.0654. The third-order valence-corrected chi connectivity index (χ3v) is 5.80. The van der Waals surface area contributed by atoms with Gasteiger partial charge >= 0.3 is 0 Å². The number of carbonyl (C=O) groups excluding carboxylic acids is 3. The van der Waals surface area contributed by atoms with Gasteiger partial charge in [0.25, 0.3) is 5.91 Å². The fraction of sp³-hybridized carbons (Fsp3) is 0.348. The van der Waals surface area contributed by atoms with E-state index in [0.717, 1.165) is 5.69 Å². The van der Waals surface area contributed by atoms with E-state index >= 15 is 0 Å². The molecule has 2 aromatic carbocycles. The van der Waals surface area contributed by atoms with E-state index in [2.05, 4.69) is 10.2 Å². The molecule has 2 aromatic rings. The molecule has 0 bridgehead atoms. The van der Waals surface area contributed by atoms with Crippen molar-refractivity contribution in [3.05, 3.63) is 66.0 Å². The summed E-state index contributed by atoms with van der Waals surface area (Å²) in [6.07, 6.45) is -0.0654. The predicted octanol–water partition coefficient (Wildman–Crippen LogP) is 1.51. The number of rotatable bonds is 4. The van der Waals surface area contributed by atoms with Crippen molar-refractivity contribution in [2.24, 2.45) is 0 Å². The van der Waals surface area contributed by atoms with Gasteiger partial charge in [-0.1, -0.05) is 18.2 Å². The zero-order valence-corrected chi connectivity index (χ0v) is 17.2. The number of benzene rings is 2. The number of carbonyl (C=O) groups is 3.